The molecule has 0 radical (unpaired) electrons. The fraction of sp³-hybridized carbons (Fsp3) is 0.682. The zero-order chi connectivity index (χ0) is 22.5. The summed E-state index contributed by atoms with van der Waals surface area (Å²) in [5, 5.41) is 6.76. The van der Waals surface area contributed by atoms with E-state index in [4.69, 9.17) is 9.73 Å². The van der Waals surface area contributed by atoms with E-state index in [9.17, 15) is 8.42 Å². The molecule has 2 atom stereocenters. The zero-order valence-corrected chi connectivity index (χ0v) is 20.3. The van der Waals surface area contributed by atoms with Crippen LogP contribution in [0.5, 0.6) is 0 Å². The van der Waals surface area contributed by atoms with Gasteiger partial charge in [-0.3, -0.25) is 4.90 Å². The van der Waals surface area contributed by atoms with Crippen LogP contribution in [-0.4, -0.2) is 69.5 Å². The molecule has 30 heavy (non-hydrogen) atoms. The molecule has 1 aliphatic heterocycles. The molecule has 1 aromatic rings. The van der Waals surface area contributed by atoms with Crippen LogP contribution in [0.4, 0.5) is 0 Å². The molecule has 0 aliphatic carbocycles. The summed E-state index contributed by atoms with van der Waals surface area (Å²) in [4.78, 5) is 7.54. The highest BCUT2D eigenvalue weighted by molar-refractivity contribution is 7.90. The van der Waals surface area contributed by atoms with E-state index in [2.05, 4.69) is 43.2 Å². The van der Waals surface area contributed by atoms with Crippen LogP contribution in [0.1, 0.15) is 45.7 Å². The SMILES string of the molecule is CCNC(=NCc1ccc(S(C)(=O)=O)c(C)c1)NCC(C)(C)N1CC(C)OC(C)C1. The van der Waals surface area contributed by atoms with E-state index in [1.54, 1.807) is 6.07 Å². The lowest BCUT2D eigenvalue weighted by molar-refractivity contribution is -0.0946. The second kappa shape index (κ2) is 10.1. The smallest absolute Gasteiger partial charge is 0.191 e. The Morgan fingerprint density at radius 3 is 2.40 bits per heavy atom. The van der Waals surface area contributed by atoms with Gasteiger partial charge in [-0.15, -0.1) is 0 Å². The van der Waals surface area contributed by atoms with Crippen LogP contribution in [0, 0.1) is 6.92 Å². The summed E-state index contributed by atoms with van der Waals surface area (Å²) in [5.74, 6) is 0.754. The van der Waals surface area contributed by atoms with Gasteiger partial charge in [-0.05, 0) is 58.7 Å². The second-order valence-electron chi connectivity index (χ2n) is 8.90. The van der Waals surface area contributed by atoms with Gasteiger partial charge in [-0.2, -0.15) is 0 Å². The van der Waals surface area contributed by atoms with Gasteiger partial charge in [0, 0.05) is 38.0 Å². The third-order valence-corrected chi connectivity index (χ3v) is 6.62. The Balaban J connectivity index is 2.05. The molecule has 8 heteroatoms. The van der Waals surface area contributed by atoms with E-state index in [0.717, 1.165) is 43.3 Å². The summed E-state index contributed by atoms with van der Waals surface area (Å²) in [6.45, 7) is 16.4. The van der Waals surface area contributed by atoms with E-state index < -0.39 is 9.84 Å². The van der Waals surface area contributed by atoms with Gasteiger partial charge >= 0.3 is 0 Å². The lowest BCUT2D eigenvalue weighted by atomic mass is 10.00. The molecule has 2 unspecified atom stereocenters. The number of guanidine groups is 1. The van der Waals surface area contributed by atoms with Gasteiger partial charge in [-0.1, -0.05) is 12.1 Å². The Labute approximate surface area is 182 Å². The van der Waals surface area contributed by atoms with Crippen LogP contribution in [0.3, 0.4) is 0 Å². The van der Waals surface area contributed by atoms with E-state index >= 15 is 0 Å². The van der Waals surface area contributed by atoms with Crippen LogP contribution in [0.15, 0.2) is 28.1 Å². The molecule has 170 valence electrons. The highest BCUT2D eigenvalue weighted by atomic mass is 32.2. The summed E-state index contributed by atoms with van der Waals surface area (Å²) in [7, 11) is -3.21. The topological polar surface area (TPSA) is 83.0 Å². The molecule has 0 amide bonds. The largest absolute Gasteiger partial charge is 0.373 e. The summed E-state index contributed by atoms with van der Waals surface area (Å²) in [5.41, 5.74) is 1.68. The van der Waals surface area contributed by atoms with Crippen molar-refractivity contribution in [2.75, 3.05) is 32.4 Å². The molecule has 2 rings (SSSR count). The molecule has 0 saturated carbocycles. The van der Waals surface area contributed by atoms with Gasteiger partial charge in [0.25, 0.3) is 0 Å². The normalized spacial score (nSPS) is 21.5. The summed E-state index contributed by atoms with van der Waals surface area (Å²) in [6.07, 6.45) is 1.69. The quantitative estimate of drug-likeness (QED) is 0.502. The van der Waals surface area contributed by atoms with Gasteiger partial charge in [0.05, 0.1) is 23.6 Å². The van der Waals surface area contributed by atoms with Crippen LogP contribution in [-0.2, 0) is 21.1 Å². The fourth-order valence-electron chi connectivity index (χ4n) is 3.82. The number of nitrogens with one attached hydrogen (secondary N) is 2. The fourth-order valence-corrected chi connectivity index (χ4v) is 4.78. The van der Waals surface area contributed by atoms with Gasteiger partial charge in [0.1, 0.15) is 0 Å². The molecule has 2 N–H and O–H groups in total. The summed E-state index contributed by atoms with van der Waals surface area (Å²) >= 11 is 0. The first-order valence-corrected chi connectivity index (χ1v) is 12.5. The van der Waals surface area contributed by atoms with E-state index in [1.165, 1.54) is 6.26 Å². The van der Waals surface area contributed by atoms with Crippen molar-refractivity contribution in [3.05, 3.63) is 29.3 Å². The first kappa shape index (κ1) is 24.6. The molecule has 1 aliphatic rings. The number of nitrogens with zero attached hydrogens (tertiary/aromatic N) is 2. The van der Waals surface area contributed by atoms with E-state index in [0.29, 0.717) is 11.4 Å². The maximum Gasteiger partial charge on any atom is 0.191 e. The van der Waals surface area contributed by atoms with Gasteiger partial charge in [0.15, 0.2) is 15.8 Å². The van der Waals surface area contributed by atoms with Crippen LogP contribution < -0.4 is 10.6 Å². The monoisotopic (exact) mass is 438 g/mol. The number of hydrogen-bond acceptors (Lipinski definition) is 5. The minimum atomic E-state index is -3.21. The Kier molecular flexibility index (Phi) is 8.30. The van der Waals surface area contributed by atoms with Crippen molar-refractivity contribution in [1.82, 2.24) is 15.5 Å². The number of morpholine rings is 1. The highest BCUT2D eigenvalue weighted by Crippen LogP contribution is 2.21. The third-order valence-electron chi connectivity index (χ3n) is 5.37. The zero-order valence-electron chi connectivity index (χ0n) is 19.4. The average molecular weight is 439 g/mol. The molecule has 1 aromatic carbocycles. The molecule has 1 heterocycles. The van der Waals surface area contributed by atoms with Crippen molar-refractivity contribution in [2.45, 2.75) is 70.7 Å². The molecule has 0 bridgehead atoms. The van der Waals surface area contributed by atoms with Crippen LogP contribution in [0.25, 0.3) is 0 Å². The maximum atomic E-state index is 11.8. The van der Waals surface area contributed by atoms with Crippen molar-refractivity contribution in [3.8, 4) is 0 Å². The number of aliphatic imine (C=N–C) groups is 1. The van der Waals surface area contributed by atoms with Crippen molar-refractivity contribution >= 4 is 15.8 Å². The lowest BCUT2D eigenvalue weighted by Gasteiger charge is -2.45. The van der Waals surface area contributed by atoms with Crippen LogP contribution >= 0.6 is 0 Å². The molecule has 1 fully saturated rings. The maximum absolute atomic E-state index is 11.8. The number of aryl methyl sites for hydroxylation is 1. The van der Waals surface area contributed by atoms with Crippen LogP contribution in [0.2, 0.25) is 0 Å². The summed E-state index contributed by atoms with van der Waals surface area (Å²) in [6, 6.07) is 5.39. The Morgan fingerprint density at radius 1 is 1.23 bits per heavy atom. The Hall–Kier alpha value is -1.64. The molecule has 0 aromatic heterocycles. The third kappa shape index (κ3) is 6.96. The van der Waals surface area contributed by atoms with Crippen molar-refractivity contribution < 1.29 is 13.2 Å². The minimum Gasteiger partial charge on any atom is -0.373 e. The molecular weight excluding hydrogens is 400 g/mol. The van der Waals surface area contributed by atoms with Gasteiger partial charge < -0.3 is 15.4 Å². The minimum absolute atomic E-state index is 0.0454. The van der Waals surface area contributed by atoms with Crippen molar-refractivity contribution in [2.24, 2.45) is 4.99 Å². The Bertz CT molecular complexity index is 842. The number of sulfone groups is 1. The average Bonchev–Trinajstić information content (AvgIpc) is 2.62. The Morgan fingerprint density at radius 2 is 1.87 bits per heavy atom. The molecule has 7 nitrogen and oxygen atoms in total. The number of rotatable bonds is 7. The standard InChI is InChI=1S/C22H38N4O3S/c1-8-23-21(24-12-19-9-10-20(16(2)11-19)30(7,27)28)25-15-22(5,6)26-13-17(3)29-18(4)14-26/h9-11,17-18H,8,12-15H2,1-7H3,(H2,23,24,25). The van der Waals surface area contributed by atoms with Gasteiger partial charge in [0.2, 0.25) is 0 Å². The summed E-state index contributed by atoms with van der Waals surface area (Å²) < 4.78 is 29.5. The predicted octanol–water partition coefficient (Wildman–Crippen LogP) is 2.34. The predicted molar refractivity (Wildman–Crippen MR) is 123 cm³/mol. The second-order valence-corrected chi connectivity index (χ2v) is 10.9. The lowest BCUT2D eigenvalue weighted by Crippen LogP contribution is -2.59. The molecule has 1 saturated heterocycles. The molecular formula is C22H38N4O3S. The van der Waals surface area contributed by atoms with Crippen molar-refractivity contribution in [3.63, 3.8) is 0 Å². The number of hydrogen-bond donors (Lipinski definition) is 2. The van der Waals surface area contributed by atoms with Gasteiger partial charge in [-0.25, -0.2) is 13.4 Å². The van der Waals surface area contributed by atoms with E-state index in [-0.39, 0.29) is 17.7 Å². The first-order chi connectivity index (χ1) is 13.9. The molecule has 0 spiro atoms. The van der Waals surface area contributed by atoms with Crippen molar-refractivity contribution in [1.29, 1.82) is 0 Å². The first-order valence-electron chi connectivity index (χ1n) is 10.6. The number of ether oxygens (including phenoxy) is 1. The highest BCUT2D eigenvalue weighted by Gasteiger charge is 2.33. The van der Waals surface area contributed by atoms with E-state index in [1.807, 2.05) is 26.0 Å². The number of benzene rings is 1.